The lowest BCUT2D eigenvalue weighted by molar-refractivity contribution is -0.169. The first-order valence-electron chi connectivity index (χ1n) is 8.36. The Bertz CT molecular complexity index is 688. The number of carbonyl (C=O) groups is 3. The van der Waals surface area contributed by atoms with Crippen LogP contribution in [0.15, 0.2) is 35.3 Å². The van der Waals surface area contributed by atoms with E-state index in [9.17, 15) is 14.4 Å². The van der Waals surface area contributed by atoms with Gasteiger partial charge in [0.1, 0.15) is 0 Å². The Kier molecular flexibility index (Phi) is 6.54. The molecule has 1 heterocycles. The van der Waals surface area contributed by atoms with Crippen LogP contribution in [0.1, 0.15) is 19.8 Å². The number of ether oxygens (including phenoxy) is 1. The number of para-hydroxylation sites is 1. The number of hydrogen-bond donors (Lipinski definition) is 3. The predicted molar refractivity (Wildman–Crippen MR) is 96.1 cm³/mol. The van der Waals surface area contributed by atoms with Crippen molar-refractivity contribution < 1.29 is 19.1 Å². The number of esters is 1. The van der Waals surface area contributed by atoms with E-state index in [1.807, 2.05) is 0 Å². The molecule has 1 saturated heterocycles. The van der Waals surface area contributed by atoms with Gasteiger partial charge in [0.05, 0.1) is 12.5 Å². The molecule has 0 saturated carbocycles. The summed E-state index contributed by atoms with van der Waals surface area (Å²) in [6.45, 7) is 2.18. The maximum atomic E-state index is 12.4. The van der Waals surface area contributed by atoms with Gasteiger partial charge in [0, 0.05) is 12.2 Å². The number of amides is 3. The van der Waals surface area contributed by atoms with Crippen molar-refractivity contribution in [3.8, 4) is 0 Å². The summed E-state index contributed by atoms with van der Waals surface area (Å²) in [5.74, 6) is -1.66. The molecule has 2 rings (SSSR count). The lowest BCUT2D eigenvalue weighted by Crippen LogP contribution is -2.67. The molecule has 0 spiro atoms. The number of benzene rings is 1. The van der Waals surface area contributed by atoms with Crippen LogP contribution in [0.25, 0.3) is 0 Å². The third kappa shape index (κ3) is 4.50. The number of guanidine groups is 1. The van der Waals surface area contributed by atoms with E-state index in [4.69, 9.17) is 16.2 Å². The molecule has 1 aromatic rings. The third-order valence-electron chi connectivity index (χ3n) is 3.95. The number of anilines is 1. The maximum absolute atomic E-state index is 12.4. The number of nitrogens with two attached hydrogens (primary N) is 2. The zero-order valence-corrected chi connectivity index (χ0v) is 14.6. The van der Waals surface area contributed by atoms with Gasteiger partial charge >= 0.3 is 12.0 Å². The summed E-state index contributed by atoms with van der Waals surface area (Å²) in [6, 6.07) is 7.09. The molecule has 5 N–H and O–H groups in total. The monoisotopic (exact) mass is 361 g/mol. The Morgan fingerprint density at radius 1 is 1.27 bits per heavy atom. The Labute approximate surface area is 151 Å². The Morgan fingerprint density at radius 2 is 1.96 bits per heavy atom. The topological polar surface area (TPSA) is 140 Å². The van der Waals surface area contributed by atoms with Crippen molar-refractivity contribution in [1.82, 2.24) is 4.90 Å². The lowest BCUT2D eigenvalue weighted by atomic mass is 9.84. The van der Waals surface area contributed by atoms with E-state index in [1.165, 1.54) is 0 Å². The van der Waals surface area contributed by atoms with Crippen molar-refractivity contribution in [1.29, 1.82) is 0 Å². The summed E-state index contributed by atoms with van der Waals surface area (Å²) < 4.78 is 5.02. The molecule has 0 bridgehead atoms. The molecule has 0 unspecified atom stereocenters. The maximum Gasteiger partial charge on any atom is 0.330 e. The average Bonchev–Trinajstić information content (AvgIpc) is 2.59. The molecular weight excluding hydrogens is 338 g/mol. The van der Waals surface area contributed by atoms with Gasteiger partial charge in [0.15, 0.2) is 12.0 Å². The second kappa shape index (κ2) is 8.84. The van der Waals surface area contributed by atoms with Crippen LogP contribution >= 0.6 is 0 Å². The highest BCUT2D eigenvalue weighted by atomic mass is 16.5. The highest BCUT2D eigenvalue weighted by Gasteiger charge is 2.54. The van der Waals surface area contributed by atoms with Crippen molar-refractivity contribution in [3.05, 3.63) is 30.3 Å². The fourth-order valence-electron chi connectivity index (χ4n) is 2.78. The molecule has 2 atom stereocenters. The van der Waals surface area contributed by atoms with Gasteiger partial charge < -0.3 is 21.5 Å². The number of carbonyl (C=O) groups excluding carboxylic acids is 3. The molecule has 9 heteroatoms. The van der Waals surface area contributed by atoms with Crippen LogP contribution in [0.4, 0.5) is 10.5 Å². The van der Waals surface area contributed by atoms with E-state index in [0.29, 0.717) is 25.1 Å². The number of likely N-dealkylation sites (tertiary alicyclic amines) is 1. The average molecular weight is 361 g/mol. The predicted octanol–water partition coefficient (Wildman–Crippen LogP) is 0.662. The number of rotatable bonds is 7. The number of hydrogen-bond acceptors (Lipinski definition) is 5. The zero-order chi connectivity index (χ0) is 19.1. The third-order valence-corrected chi connectivity index (χ3v) is 3.95. The highest BCUT2D eigenvalue weighted by Crippen LogP contribution is 2.32. The smallest absolute Gasteiger partial charge is 0.330 e. The Balaban J connectivity index is 2.04. The van der Waals surface area contributed by atoms with Crippen LogP contribution < -0.4 is 16.8 Å². The van der Waals surface area contributed by atoms with Crippen LogP contribution in [0.3, 0.4) is 0 Å². The van der Waals surface area contributed by atoms with Gasteiger partial charge in [-0.05, 0) is 31.9 Å². The molecule has 0 aromatic heterocycles. The van der Waals surface area contributed by atoms with Gasteiger partial charge in [-0.1, -0.05) is 18.2 Å². The summed E-state index contributed by atoms with van der Waals surface area (Å²) in [4.78, 5) is 41.8. The SMILES string of the molecule is CCOC(=O)[C@@H]1[C@@H](CCCN=C(N)N)C(=O)N1C(=O)Nc1ccccc1. The molecule has 3 amide bonds. The molecule has 0 aliphatic carbocycles. The normalized spacial score (nSPS) is 18.7. The molecule has 140 valence electrons. The minimum atomic E-state index is -0.939. The summed E-state index contributed by atoms with van der Waals surface area (Å²) >= 11 is 0. The van der Waals surface area contributed by atoms with Crippen molar-refractivity contribution in [2.24, 2.45) is 22.4 Å². The zero-order valence-electron chi connectivity index (χ0n) is 14.6. The first-order chi connectivity index (χ1) is 12.5. The van der Waals surface area contributed by atoms with Crippen molar-refractivity contribution >= 4 is 29.6 Å². The Hall–Kier alpha value is -3.10. The van der Waals surface area contributed by atoms with E-state index in [2.05, 4.69) is 10.3 Å². The molecule has 1 aromatic carbocycles. The molecule has 9 nitrogen and oxygen atoms in total. The second-order valence-corrected chi connectivity index (χ2v) is 5.76. The fraction of sp³-hybridized carbons (Fsp3) is 0.412. The van der Waals surface area contributed by atoms with E-state index in [-0.39, 0.29) is 12.6 Å². The van der Waals surface area contributed by atoms with Crippen molar-refractivity contribution in [2.75, 3.05) is 18.5 Å². The Morgan fingerprint density at radius 3 is 2.58 bits per heavy atom. The van der Waals surface area contributed by atoms with Gasteiger partial charge in [-0.2, -0.15) is 0 Å². The summed E-state index contributed by atoms with van der Waals surface area (Å²) in [5.41, 5.74) is 11.0. The van der Waals surface area contributed by atoms with Crippen LogP contribution in [-0.4, -0.2) is 48.0 Å². The minimum absolute atomic E-state index is 0.0317. The molecule has 1 aliphatic rings. The van der Waals surface area contributed by atoms with E-state index < -0.39 is 29.9 Å². The fourth-order valence-corrected chi connectivity index (χ4v) is 2.78. The van der Waals surface area contributed by atoms with Crippen molar-refractivity contribution in [2.45, 2.75) is 25.8 Å². The van der Waals surface area contributed by atoms with E-state index in [0.717, 1.165) is 4.90 Å². The number of β-lactam (4-membered cyclic amide) rings is 1. The van der Waals surface area contributed by atoms with Gasteiger partial charge in [-0.15, -0.1) is 0 Å². The first-order valence-corrected chi connectivity index (χ1v) is 8.36. The highest BCUT2D eigenvalue weighted by molar-refractivity contribution is 6.11. The largest absolute Gasteiger partial charge is 0.464 e. The molecule has 0 radical (unpaired) electrons. The number of aliphatic imine (C=N–C) groups is 1. The van der Waals surface area contributed by atoms with E-state index >= 15 is 0 Å². The lowest BCUT2D eigenvalue weighted by Gasteiger charge is -2.43. The molecule has 1 fully saturated rings. The quantitative estimate of drug-likeness (QED) is 0.214. The molecule has 1 aliphatic heterocycles. The number of urea groups is 1. The van der Waals surface area contributed by atoms with Gasteiger partial charge in [0.25, 0.3) is 0 Å². The van der Waals surface area contributed by atoms with E-state index in [1.54, 1.807) is 37.3 Å². The van der Waals surface area contributed by atoms with Crippen molar-refractivity contribution in [3.63, 3.8) is 0 Å². The van der Waals surface area contributed by atoms with Crippen LogP contribution in [0.5, 0.6) is 0 Å². The first kappa shape index (κ1) is 19.2. The number of imide groups is 1. The second-order valence-electron chi connectivity index (χ2n) is 5.76. The number of nitrogens with one attached hydrogen (secondary N) is 1. The van der Waals surface area contributed by atoms with Gasteiger partial charge in [-0.3, -0.25) is 9.79 Å². The number of nitrogens with zero attached hydrogens (tertiary/aromatic N) is 2. The summed E-state index contributed by atoms with van der Waals surface area (Å²) in [7, 11) is 0. The van der Waals surface area contributed by atoms with Crippen LogP contribution in [0, 0.1) is 5.92 Å². The van der Waals surface area contributed by atoms with Crippen LogP contribution in [0.2, 0.25) is 0 Å². The molecule has 26 heavy (non-hydrogen) atoms. The summed E-state index contributed by atoms with van der Waals surface area (Å²) in [6.07, 6.45) is 0.895. The van der Waals surface area contributed by atoms with Gasteiger partial charge in [-0.25, -0.2) is 14.5 Å². The summed E-state index contributed by atoms with van der Waals surface area (Å²) in [5, 5.41) is 2.61. The minimum Gasteiger partial charge on any atom is -0.464 e. The standard InChI is InChI=1S/C17H23N5O4/c1-2-26-15(24)13-12(9-6-10-20-16(18)19)14(23)22(13)17(25)21-11-7-4-3-5-8-11/h3-5,7-8,12-13H,2,6,9-10H2,1H3,(H,21,25)(H4,18,19,20)/t12-,13+/m1/s1. The van der Waals surface area contributed by atoms with Crippen LogP contribution in [-0.2, 0) is 14.3 Å². The molecular formula is C17H23N5O4. The van der Waals surface area contributed by atoms with Gasteiger partial charge in [0.2, 0.25) is 5.91 Å².